The molecule has 0 aliphatic carbocycles. The molecular formula is C15H23N3. The van der Waals surface area contributed by atoms with E-state index in [2.05, 4.69) is 42.5 Å². The number of nitrogens with two attached hydrogens (primary N) is 1. The van der Waals surface area contributed by atoms with Gasteiger partial charge in [-0.2, -0.15) is 0 Å². The highest BCUT2D eigenvalue weighted by Crippen LogP contribution is 2.16. The van der Waals surface area contributed by atoms with Crippen LogP contribution in [-0.4, -0.2) is 6.54 Å². The zero-order valence-corrected chi connectivity index (χ0v) is 11.2. The molecule has 1 aromatic rings. The van der Waals surface area contributed by atoms with E-state index in [1.54, 1.807) is 0 Å². The fraction of sp³-hybridized carbons (Fsp3) is 0.333. The normalized spacial score (nSPS) is 13.2. The third kappa shape index (κ3) is 4.35. The SMILES string of the molecule is C=C(NCCC)/C(C)=C\[C@@H](NN)c1ccccc1. The lowest BCUT2D eigenvalue weighted by atomic mass is 10.0. The maximum atomic E-state index is 5.61. The summed E-state index contributed by atoms with van der Waals surface area (Å²) >= 11 is 0. The molecule has 18 heavy (non-hydrogen) atoms. The van der Waals surface area contributed by atoms with Crippen molar-refractivity contribution in [2.45, 2.75) is 26.3 Å². The zero-order valence-electron chi connectivity index (χ0n) is 11.2. The van der Waals surface area contributed by atoms with Gasteiger partial charge >= 0.3 is 0 Å². The lowest BCUT2D eigenvalue weighted by Gasteiger charge is -2.15. The van der Waals surface area contributed by atoms with E-state index in [1.165, 1.54) is 0 Å². The van der Waals surface area contributed by atoms with Crippen LogP contribution in [0.2, 0.25) is 0 Å². The van der Waals surface area contributed by atoms with Gasteiger partial charge in [-0.3, -0.25) is 5.84 Å². The van der Waals surface area contributed by atoms with Gasteiger partial charge in [-0.25, -0.2) is 5.43 Å². The van der Waals surface area contributed by atoms with Gasteiger partial charge in [0, 0.05) is 12.2 Å². The molecule has 0 spiro atoms. The summed E-state index contributed by atoms with van der Waals surface area (Å²) in [7, 11) is 0. The van der Waals surface area contributed by atoms with E-state index in [1.807, 2.05) is 25.1 Å². The number of hydrogen-bond acceptors (Lipinski definition) is 3. The first-order chi connectivity index (χ1) is 8.69. The largest absolute Gasteiger partial charge is 0.385 e. The van der Waals surface area contributed by atoms with Crippen LogP contribution in [0, 0.1) is 0 Å². The quantitative estimate of drug-likeness (QED) is 0.393. The molecule has 1 rings (SSSR count). The summed E-state index contributed by atoms with van der Waals surface area (Å²) in [6.07, 6.45) is 3.17. The second-order valence-electron chi connectivity index (χ2n) is 4.31. The van der Waals surface area contributed by atoms with E-state index in [0.717, 1.165) is 29.8 Å². The number of allylic oxidation sites excluding steroid dienone is 1. The fourth-order valence-electron chi connectivity index (χ4n) is 1.67. The Balaban J connectivity index is 2.75. The Morgan fingerprint density at radius 2 is 2.06 bits per heavy atom. The summed E-state index contributed by atoms with van der Waals surface area (Å²) in [5, 5.41) is 3.28. The number of hydrazine groups is 1. The first-order valence-corrected chi connectivity index (χ1v) is 6.31. The van der Waals surface area contributed by atoms with Crippen LogP contribution >= 0.6 is 0 Å². The van der Waals surface area contributed by atoms with E-state index < -0.39 is 0 Å². The summed E-state index contributed by atoms with van der Waals surface area (Å²) in [4.78, 5) is 0. The third-order valence-corrected chi connectivity index (χ3v) is 2.82. The Hall–Kier alpha value is -1.58. The molecule has 98 valence electrons. The Bertz CT molecular complexity index is 395. The van der Waals surface area contributed by atoms with Gasteiger partial charge in [0.1, 0.15) is 0 Å². The van der Waals surface area contributed by atoms with Crippen molar-refractivity contribution in [2.24, 2.45) is 5.84 Å². The topological polar surface area (TPSA) is 50.1 Å². The van der Waals surface area contributed by atoms with Crippen molar-refractivity contribution in [1.29, 1.82) is 0 Å². The Kier molecular flexibility index (Phi) is 6.19. The monoisotopic (exact) mass is 245 g/mol. The van der Waals surface area contributed by atoms with Crippen LogP contribution in [-0.2, 0) is 0 Å². The molecule has 3 heteroatoms. The van der Waals surface area contributed by atoms with Gasteiger partial charge in [-0.15, -0.1) is 0 Å². The second kappa shape index (κ2) is 7.69. The number of nitrogens with one attached hydrogen (secondary N) is 2. The van der Waals surface area contributed by atoms with E-state index in [0.29, 0.717) is 0 Å². The van der Waals surface area contributed by atoms with Gasteiger partial charge in [0.05, 0.1) is 6.04 Å². The van der Waals surface area contributed by atoms with Gasteiger partial charge in [0.2, 0.25) is 0 Å². The fourth-order valence-corrected chi connectivity index (χ4v) is 1.67. The maximum Gasteiger partial charge on any atom is 0.0647 e. The first kappa shape index (κ1) is 14.5. The van der Waals surface area contributed by atoms with Gasteiger partial charge in [0.15, 0.2) is 0 Å². The maximum absolute atomic E-state index is 5.61. The van der Waals surface area contributed by atoms with Crippen LogP contribution in [0.25, 0.3) is 0 Å². The summed E-state index contributed by atoms with van der Waals surface area (Å²) in [6.45, 7) is 9.14. The van der Waals surface area contributed by atoms with Crippen LogP contribution in [0.1, 0.15) is 31.9 Å². The molecule has 0 heterocycles. The van der Waals surface area contributed by atoms with Crippen molar-refractivity contribution in [3.8, 4) is 0 Å². The summed E-state index contributed by atoms with van der Waals surface area (Å²) in [5.41, 5.74) is 6.01. The van der Waals surface area contributed by atoms with Crippen LogP contribution in [0.5, 0.6) is 0 Å². The van der Waals surface area contributed by atoms with Crippen molar-refractivity contribution in [2.75, 3.05) is 6.54 Å². The van der Waals surface area contributed by atoms with Crippen LogP contribution in [0.4, 0.5) is 0 Å². The van der Waals surface area contributed by atoms with Crippen molar-refractivity contribution >= 4 is 0 Å². The van der Waals surface area contributed by atoms with Gasteiger partial charge < -0.3 is 5.32 Å². The molecule has 0 radical (unpaired) electrons. The van der Waals surface area contributed by atoms with Gasteiger partial charge in [-0.1, -0.05) is 49.9 Å². The van der Waals surface area contributed by atoms with Crippen molar-refractivity contribution in [3.63, 3.8) is 0 Å². The highest BCUT2D eigenvalue weighted by atomic mass is 15.2. The highest BCUT2D eigenvalue weighted by Gasteiger charge is 2.07. The Labute approximate surface area is 110 Å². The molecule has 3 nitrogen and oxygen atoms in total. The molecule has 0 saturated heterocycles. The molecule has 1 aromatic carbocycles. The molecule has 0 fully saturated rings. The standard InChI is InChI=1S/C15H23N3/c1-4-10-17-13(3)12(2)11-15(18-16)14-8-6-5-7-9-14/h5-9,11,15,17-18H,3-4,10,16H2,1-2H3/b12-11-/t15-/m1/s1. The van der Waals surface area contributed by atoms with E-state index in [-0.39, 0.29) is 6.04 Å². The Morgan fingerprint density at radius 1 is 1.39 bits per heavy atom. The Morgan fingerprint density at radius 3 is 2.61 bits per heavy atom. The highest BCUT2D eigenvalue weighted by molar-refractivity contribution is 5.31. The molecule has 0 aromatic heterocycles. The predicted octanol–water partition coefficient (Wildman–Crippen LogP) is 2.65. The molecule has 0 aliphatic heterocycles. The molecule has 0 unspecified atom stereocenters. The number of rotatable bonds is 7. The smallest absolute Gasteiger partial charge is 0.0647 e. The second-order valence-corrected chi connectivity index (χ2v) is 4.31. The lowest BCUT2D eigenvalue weighted by molar-refractivity contribution is 0.650. The lowest BCUT2D eigenvalue weighted by Crippen LogP contribution is -2.27. The first-order valence-electron chi connectivity index (χ1n) is 6.31. The minimum atomic E-state index is 0.00590. The molecule has 4 N–H and O–H groups in total. The minimum Gasteiger partial charge on any atom is -0.385 e. The van der Waals surface area contributed by atoms with Crippen LogP contribution in [0.15, 0.2) is 54.3 Å². The zero-order chi connectivity index (χ0) is 13.4. The van der Waals surface area contributed by atoms with E-state index in [9.17, 15) is 0 Å². The van der Waals surface area contributed by atoms with Crippen LogP contribution in [0.3, 0.4) is 0 Å². The molecule has 0 amide bonds. The molecule has 1 atom stereocenters. The van der Waals surface area contributed by atoms with Gasteiger partial charge in [-0.05, 0) is 24.5 Å². The summed E-state index contributed by atoms with van der Waals surface area (Å²) in [6, 6.07) is 10.1. The van der Waals surface area contributed by atoms with Crippen LogP contribution < -0.4 is 16.6 Å². The molecule has 0 bridgehead atoms. The summed E-state index contributed by atoms with van der Waals surface area (Å²) in [5.74, 6) is 5.61. The van der Waals surface area contributed by atoms with Crippen molar-refractivity contribution in [1.82, 2.24) is 10.7 Å². The summed E-state index contributed by atoms with van der Waals surface area (Å²) < 4.78 is 0. The van der Waals surface area contributed by atoms with Crippen molar-refractivity contribution < 1.29 is 0 Å². The molecule has 0 aliphatic rings. The average Bonchev–Trinajstić information content (AvgIpc) is 2.42. The average molecular weight is 245 g/mol. The van der Waals surface area contributed by atoms with E-state index >= 15 is 0 Å². The number of benzene rings is 1. The van der Waals surface area contributed by atoms with E-state index in [4.69, 9.17) is 5.84 Å². The van der Waals surface area contributed by atoms with Gasteiger partial charge in [0.25, 0.3) is 0 Å². The molecular weight excluding hydrogens is 222 g/mol. The number of hydrogen-bond donors (Lipinski definition) is 3. The van der Waals surface area contributed by atoms with Crippen molar-refractivity contribution in [3.05, 3.63) is 59.8 Å². The molecule has 0 saturated carbocycles. The predicted molar refractivity (Wildman–Crippen MR) is 77.7 cm³/mol. The minimum absolute atomic E-state index is 0.00590. The third-order valence-electron chi connectivity index (χ3n) is 2.82.